The summed E-state index contributed by atoms with van der Waals surface area (Å²) in [6.45, 7) is 1.88. The number of hydrogen-bond donors (Lipinski definition) is 4. The van der Waals surface area contributed by atoms with Crippen molar-refractivity contribution in [3.8, 4) is 5.75 Å². The normalized spacial score (nSPS) is 13.2. The highest BCUT2D eigenvalue weighted by atomic mass is 79.9. The molecule has 1 atom stereocenters. The molecule has 0 radical (unpaired) electrons. The van der Waals surface area contributed by atoms with Crippen LogP contribution in [0.15, 0.2) is 28.7 Å². The Labute approximate surface area is 127 Å². The van der Waals surface area contributed by atoms with E-state index in [0.29, 0.717) is 12.2 Å². The van der Waals surface area contributed by atoms with Gasteiger partial charge in [0.1, 0.15) is 18.5 Å². The molecule has 0 heterocycles. The van der Waals surface area contributed by atoms with Crippen molar-refractivity contribution in [2.75, 3.05) is 26.4 Å². The molecule has 0 aliphatic heterocycles. The highest BCUT2D eigenvalue weighted by Crippen LogP contribution is 2.17. The lowest BCUT2D eigenvalue weighted by Gasteiger charge is -2.30. The fourth-order valence-corrected chi connectivity index (χ4v) is 2.03. The number of hydrogen-bond acceptors (Lipinski definition) is 5. The van der Waals surface area contributed by atoms with Crippen LogP contribution in [0.25, 0.3) is 0 Å². The Morgan fingerprint density at radius 2 is 2.05 bits per heavy atom. The largest absolute Gasteiger partial charge is 0.491 e. The summed E-state index contributed by atoms with van der Waals surface area (Å²) in [5, 5.41) is 31.4. The van der Waals surface area contributed by atoms with Gasteiger partial charge in [-0.25, -0.2) is 0 Å². The highest BCUT2D eigenvalue weighted by Gasteiger charge is 2.26. The maximum Gasteiger partial charge on any atom is 0.120 e. The molecule has 5 nitrogen and oxygen atoms in total. The zero-order chi connectivity index (χ0) is 15.0. The molecule has 4 N–H and O–H groups in total. The van der Waals surface area contributed by atoms with Gasteiger partial charge in [0.05, 0.1) is 18.8 Å². The fourth-order valence-electron chi connectivity index (χ4n) is 1.65. The van der Waals surface area contributed by atoms with E-state index in [1.165, 1.54) is 0 Å². The van der Waals surface area contributed by atoms with Gasteiger partial charge in [-0.05, 0) is 24.6 Å². The second-order valence-corrected chi connectivity index (χ2v) is 5.67. The minimum atomic E-state index is -0.753. The maximum atomic E-state index is 9.87. The molecule has 114 valence electrons. The molecule has 0 saturated heterocycles. The number of ether oxygens (including phenoxy) is 1. The van der Waals surface area contributed by atoms with Crippen molar-refractivity contribution in [3.63, 3.8) is 0 Å². The first-order valence-electron chi connectivity index (χ1n) is 6.58. The quantitative estimate of drug-likeness (QED) is 0.533. The van der Waals surface area contributed by atoms with E-state index in [2.05, 4.69) is 21.2 Å². The molecule has 1 aromatic carbocycles. The molecule has 0 bridgehead atoms. The van der Waals surface area contributed by atoms with Gasteiger partial charge in [0.2, 0.25) is 0 Å². The van der Waals surface area contributed by atoms with Crippen LogP contribution in [0, 0.1) is 0 Å². The molecule has 0 saturated carbocycles. The average Bonchev–Trinajstić information content (AvgIpc) is 2.47. The highest BCUT2D eigenvalue weighted by molar-refractivity contribution is 9.10. The second kappa shape index (κ2) is 8.59. The summed E-state index contributed by atoms with van der Waals surface area (Å²) in [6.07, 6.45) is -0.155. The third-order valence-electron chi connectivity index (χ3n) is 3.23. The molecule has 0 spiro atoms. The smallest absolute Gasteiger partial charge is 0.120 e. The molecule has 1 aromatic rings. The molecule has 0 fully saturated rings. The van der Waals surface area contributed by atoms with Crippen LogP contribution >= 0.6 is 15.9 Å². The van der Waals surface area contributed by atoms with Gasteiger partial charge in [0, 0.05) is 11.0 Å². The van der Waals surface area contributed by atoms with Crippen molar-refractivity contribution in [3.05, 3.63) is 28.7 Å². The minimum Gasteiger partial charge on any atom is -0.491 e. The summed E-state index contributed by atoms with van der Waals surface area (Å²) >= 11 is 3.34. The Bertz CT molecular complexity index is 390. The van der Waals surface area contributed by atoms with Crippen LogP contribution < -0.4 is 10.1 Å². The van der Waals surface area contributed by atoms with Gasteiger partial charge in [0.25, 0.3) is 0 Å². The Morgan fingerprint density at radius 3 is 2.60 bits per heavy atom. The summed E-state index contributed by atoms with van der Waals surface area (Å²) in [5.74, 6) is 0.671. The van der Waals surface area contributed by atoms with E-state index in [4.69, 9.17) is 4.74 Å². The van der Waals surface area contributed by atoms with Crippen molar-refractivity contribution >= 4 is 15.9 Å². The summed E-state index contributed by atoms with van der Waals surface area (Å²) in [6, 6.07) is 7.37. The van der Waals surface area contributed by atoms with Gasteiger partial charge in [-0.15, -0.1) is 0 Å². The van der Waals surface area contributed by atoms with E-state index in [1.807, 2.05) is 31.2 Å². The van der Waals surface area contributed by atoms with Gasteiger partial charge in [-0.1, -0.05) is 28.9 Å². The van der Waals surface area contributed by atoms with Crippen molar-refractivity contribution in [1.82, 2.24) is 5.32 Å². The predicted octanol–water partition coefficient (Wildman–Crippen LogP) is 0.912. The van der Waals surface area contributed by atoms with Gasteiger partial charge in [0.15, 0.2) is 0 Å². The number of benzene rings is 1. The molecule has 0 aromatic heterocycles. The predicted molar refractivity (Wildman–Crippen MR) is 80.8 cm³/mol. The van der Waals surface area contributed by atoms with Crippen LogP contribution in [0.1, 0.15) is 13.3 Å². The van der Waals surface area contributed by atoms with E-state index >= 15 is 0 Å². The Kier molecular flexibility index (Phi) is 7.47. The standard InChI is InChI=1S/C14H22BrNO4/c1-2-14(9-17,10-18)16-7-12(19)8-20-13-5-3-4-11(15)6-13/h3-6,12,16-19H,2,7-10H2,1H3. The lowest BCUT2D eigenvalue weighted by atomic mass is 9.98. The number of nitrogens with one attached hydrogen (secondary N) is 1. The van der Waals surface area contributed by atoms with Crippen molar-refractivity contribution < 1.29 is 20.1 Å². The Morgan fingerprint density at radius 1 is 1.35 bits per heavy atom. The number of rotatable bonds is 9. The van der Waals surface area contributed by atoms with E-state index < -0.39 is 11.6 Å². The summed E-state index contributed by atoms with van der Waals surface area (Å²) in [5.41, 5.74) is -0.753. The fraction of sp³-hybridized carbons (Fsp3) is 0.571. The maximum absolute atomic E-state index is 9.87. The Hall–Kier alpha value is -0.660. The first-order chi connectivity index (χ1) is 9.55. The van der Waals surface area contributed by atoms with E-state index in [9.17, 15) is 15.3 Å². The third kappa shape index (κ3) is 5.38. The van der Waals surface area contributed by atoms with Gasteiger partial charge >= 0.3 is 0 Å². The van der Waals surface area contributed by atoms with Crippen LogP contribution in [-0.2, 0) is 0 Å². The lowest BCUT2D eigenvalue weighted by molar-refractivity contribution is 0.0568. The van der Waals surface area contributed by atoms with Crippen molar-refractivity contribution in [2.24, 2.45) is 0 Å². The molecule has 6 heteroatoms. The SMILES string of the molecule is CCC(CO)(CO)NCC(O)COc1cccc(Br)c1. The van der Waals surface area contributed by atoms with E-state index in [1.54, 1.807) is 0 Å². The molecule has 1 rings (SSSR count). The van der Waals surface area contributed by atoms with Crippen LogP contribution in [0.5, 0.6) is 5.75 Å². The number of aliphatic hydroxyl groups excluding tert-OH is 3. The molecule has 0 amide bonds. The molecule has 1 unspecified atom stereocenters. The van der Waals surface area contributed by atoms with Crippen LogP contribution in [0.2, 0.25) is 0 Å². The number of β-amino-alcohol motifs (C(OH)–C–C–N with tert-alkyl or cyclic N) is 1. The molecule has 0 aliphatic carbocycles. The second-order valence-electron chi connectivity index (χ2n) is 4.75. The summed E-state index contributed by atoms with van der Waals surface area (Å²) in [7, 11) is 0. The van der Waals surface area contributed by atoms with E-state index in [0.717, 1.165) is 4.47 Å². The number of aliphatic hydroxyl groups is 3. The zero-order valence-corrected chi connectivity index (χ0v) is 13.1. The Balaban J connectivity index is 2.38. The molecule has 20 heavy (non-hydrogen) atoms. The third-order valence-corrected chi connectivity index (χ3v) is 3.73. The number of halogens is 1. The van der Waals surface area contributed by atoms with Crippen molar-refractivity contribution in [2.45, 2.75) is 25.0 Å². The summed E-state index contributed by atoms with van der Waals surface area (Å²) in [4.78, 5) is 0. The monoisotopic (exact) mass is 347 g/mol. The molecule has 0 aliphatic rings. The lowest BCUT2D eigenvalue weighted by Crippen LogP contribution is -2.54. The van der Waals surface area contributed by atoms with Crippen molar-refractivity contribution in [1.29, 1.82) is 0 Å². The van der Waals surface area contributed by atoms with Crippen LogP contribution in [0.4, 0.5) is 0 Å². The zero-order valence-electron chi connectivity index (χ0n) is 11.6. The van der Waals surface area contributed by atoms with Crippen LogP contribution in [-0.4, -0.2) is 53.3 Å². The first-order valence-corrected chi connectivity index (χ1v) is 7.37. The molecular formula is C14H22BrNO4. The topological polar surface area (TPSA) is 82.0 Å². The van der Waals surface area contributed by atoms with E-state index in [-0.39, 0.29) is 26.4 Å². The minimum absolute atomic E-state index is 0.139. The average molecular weight is 348 g/mol. The van der Waals surface area contributed by atoms with Gasteiger partial charge in [-0.2, -0.15) is 0 Å². The molecular weight excluding hydrogens is 326 g/mol. The van der Waals surface area contributed by atoms with Gasteiger partial charge in [-0.3, -0.25) is 0 Å². The van der Waals surface area contributed by atoms with Gasteiger partial charge < -0.3 is 25.4 Å². The van der Waals surface area contributed by atoms with Crippen LogP contribution in [0.3, 0.4) is 0 Å². The first kappa shape index (κ1) is 17.4. The summed E-state index contributed by atoms with van der Waals surface area (Å²) < 4.78 is 6.38.